The van der Waals surface area contributed by atoms with E-state index in [4.69, 9.17) is 9.47 Å². The van der Waals surface area contributed by atoms with Crippen molar-refractivity contribution in [2.75, 3.05) is 13.2 Å². The first-order valence-corrected chi connectivity index (χ1v) is 16.9. The third-order valence-corrected chi connectivity index (χ3v) is 12.2. The van der Waals surface area contributed by atoms with Crippen LogP contribution in [0.2, 0.25) is 0 Å². The molecule has 208 valence electrons. The fraction of sp³-hybridized carbons (Fsp3) is 1.00. The molecule has 0 aromatic carbocycles. The van der Waals surface area contributed by atoms with E-state index in [9.17, 15) is 0 Å². The minimum atomic E-state index is 0.582. The van der Waals surface area contributed by atoms with Crippen LogP contribution in [0.3, 0.4) is 0 Å². The van der Waals surface area contributed by atoms with Crippen LogP contribution in [0.15, 0.2) is 0 Å². The van der Waals surface area contributed by atoms with Gasteiger partial charge in [-0.25, -0.2) is 0 Å². The summed E-state index contributed by atoms with van der Waals surface area (Å²) in [6, 6.07) is 0. The molecule has 0 heterocycles. The number of hydrogen-bond donors (Lipinski definition) is 0. The molecule has 5 saturated carbocycles. The van der Waals surface area contributed by atoms with Gasteiger partial charge in [0.05, 0.1) is 12.2 Å². The van der Waals surface area contributed by atoms with Crippen LogP contribution in [0.5, 0.6) is 0 Å². The molecule has 2 heteroatoms. The molecule has 5 aliphatic rings. The van der Waals surface area contributed by atoms with Gasteiger partial charge in [-0.2, -0.15) is 0 Å². The SMILES string of the molecule is CCCCO[C@H]1CC[C@H](C2CCC3(CC2)CC2(CCC([C@H]4CC[C@H](OCCCC)CC4)CC2)C3)CC1. The average molecular weight is 501 g/mol. The van der Waals surface area contributed by atoms with E-state index in [1.54, 1.807) is 64.2 Å². The Hall–Kier alpha value is -0.0800. The van der Waals surface area contributed by atoms with Crippen molar-refractivity contribution in [1.82, 2.24) is 0 Å². The summed E-state index contributed by atoms with van der Waals surface area (Å²) in [6.45, 7) is 6.52. The summed E-state index contributed by atoms with van der Waals surface area (Å²) in [5, 5.41) is 0. The summed E-state index contributed by atoms with van der Waals surface area (Å²) < 4.78 is 12.3. The van der Waals surface area contributed by atoms with Crippen LogP contribution in [-0.4, -0.2) is 25.4 Å². The zero-order valence-corrected chi connectivity index (χ0v) is 24.3. The molecule has 0 saturated heterocycles. The minimum Gasteiger partial charge on any atom is -0.378 e. The molecule has 0 aliphatic heterocycles. The van der Waals surface area contributed by atoms with Crippen LogP contribution < -0.4 is 0 Å². The van der Waals surface area contributed by atoms with E-state index in [0.717, 1.165) is 47.7 Å². The van der Waals surface area contributed by atoms with E-state index in [0.29, 0.717) is 12.2 Å². The largest absolute Gasteiger partial charge is 0.378 e. The fourth-order valence-electron chi connectivity index (χ4n) is 9.94. The second-order valence-corrected chi connectivity index (χ2v) is 14.6. The standard InChI is InChI=1S/C34H60O2/c1-3-5-23-35-31-11-7-27(8-12-31)29-15-19-33(20-16-29)25-34(26-33)21-17-30(18-22-34)28-9-13-32(14-10-28)36-24-6-4-2/h27-32H,3-26H2,1-2H3/t27-,28-,29?,30?,31-,32-,33?,34?. The smallest absolute Gasteiger partial charge is 0.0575 e. The van der Waals surface area contributed by atoms with Crippen LogP contribution in [0.25, 0.3) is 0 Å². The molecule has 5 aliphatic carbocycles. The Balaban J connectivity index is 0.972. The zero-order valence-electron chi connectivity index (χ0n) is 24.3. The first-order valence-electron chi connectivity index (χ1n) is 16.9. The van der Waals surface area contributed by atoms with Gasteiger partial charge in [-0.1, -0.05) is 26.7 Å². The van der Waals surface area contributed by atoms with E-state index >= 15 is 0 Å². The number of rotatable bonds is 10. The second kappa shape index (κ2) is 12.8. The third-order valence-electron chi connectivity index (χ3n) is 12.2. The summed E-state index contributed by atoms with van der Waals surface area (Å²) in [7, 11) is 0. The number of unbranched alkanes of at least 4 members (excludes halogenated alkanes) is 2. The van der Waals surface area contributed by atoms with Crippen LogP contribution in [0.4, 0.5) is 0 Å². The van der Waals surface area contributed by atoms with Gasteiger partial charge in [0, 0.05) is 13.2 Å². The van der Waals surface area contributed by atoms with Gasteiger partial charge < -0.3 is 9.47 Å². The Bertz CT molecular complexity index is 562. The van der Waals surface area contributed by atoms with Crippen molar-refractivity contribution in [1.29, 1.82) is 0 Å². The van der Waals surface area contributed by atoms with Gasteiger partial charge >= 0.3 is 0 Å². The zero-order chi connectivity index (χ0) is 24.8. The van der Waals surface area contributed by atoms with Crippen molar-refractivity contribution in [3.63, 3.8) is 0 Å². The van der Waals surface area contributed by atoms with Gasteiger partial charge in [-0.3, -0.25) is 0 Å². The van der Waals surface area contributed by atoms with Crippen LogP contribution in [0.1, 0.15) is 155 Å². The normalized spacial score (nSPS) is 43.5. The summed E-state index contributed by atoms with van der Waals surface area (Å²) in [5.41, 5.74) is 1.55. The molecule has 5 fully saturated rings. The van der Waals surface area contributed by atoms with E-state index in [1.807, 2.05) is 0 Å². The first-order chi connectivity index (χ1) is 17.6. The lowest BCUT2D eigenvalue weighted by Crippen LogP contribution is -2.50. The Kier molecular flexibility index (Phi) is 9.81. The molecule has 2 nitrogen and oxygen atoms in total. The highest BCUT2D eigenvalue weighted by Gasteiger charge is 2.56. The molecule has 0 N–H and O–H groups in total. The maximum absolute atomic E-state index is 6.15. The number of ether oxygens (including phenoxy) is 2. The van der Waals surface area contributed by atoms with Gasteiger partial charge in [0.1, 0.15) is 0 Å². The lowest BCUT2D eigenvalue weighted by Gasteiger charge is -2.62. The Morgan fingerprint density at radius 2 is 0.806 bits per heavy atom. The molecule has 0 amide bonds. The molecule has 5 rings (SSSR count). The summed E-state index contributed by atoms with van der Waals surface area (Å²) in [5.74, 6) is 4.12. The van der Waals surface area contributed by atoms with Crippen molar-refractivity contribution in [3.8, 4) is 0 Å². The minimum absolute atomic E-state index is 0.582. The lowest BCUT2D eigenvalue weighted by molar-refractivity contribution is -0.111. The third kappa shape index (κ3) is 6.73. The van der Waals surface area contributed by atoms with Gasteiger partial charge in [-0.15, -0.1) is 0 Å². The molecule has 0 unspecified atom stereocenters. The second-order valence-electron chi connectivity index (χ2n) is 14.6. The highest BCUT2D eigenvalue weighted by Crippen LogP contribution is 2.67. The highest BCUT2D eigenvalue weighted by atomic mass is 16.5. The predicted molar refractivity (Wildman–Crippen MR) is 151 cm³/mol. The van der Waals surface area contributed by atoms with Crippen molar-refractivity contribution < 1.29 is 9.47 Å². The summed E-state index contributed by atoms with van der Waals surface area (Å²) in [4.78, 5) is 0. The quantitative estimate of drug-likeness (QED) is 0.278. The predicted octanol–water partition coefficient (Wildman–Crippen LogP) is 9.88. The van der Waals surface area contributed by atoms with Gasteiger partial charge in [-0.05, 0) is 163 Å². The van der Waals surface area contributed by atoms with Crippen molar-refractivity contribution >= 4 is 0 Å². The maximum atomic E-state index is 6.15. The van der Waals surface area contributed by atoms with Crippen LogP contribution >= 0.6 is 0 Å². The molecule has 0 atom stereocenters. The maximum Gasteiger partial charge on any atom is 0.0575 e. The fourth-order valence-corrected chi connectivity index (χ4v) is 9.94. The summed E-state index contributed by atoms with van der Waals surface area (Å²) >= 11 is 0. The molecule has 36 heavy (non-hydrogen) atoms. The van der Waals surface area contributed by atoms with Crippen molar-refractivity contribution in [2.24, 2.45) is 34.5 Å². The average Bonchev–Trinajstić information content (AvgIpc) is 2.90. The monoisotopic (exact) mass is 500 g/mol. The molecule has 0 bridgehead atoms. The van der Waals surface area contributed by atoms with E-state index in [1.165, 1.54) is 77.0 Å². The van der Waals surface area contributed by atoms with Gasteiger partial charge in [0.2, 0.25) is 0 Å². The van der Waals surface area contributed by atoms with E-state index in [2.05, 4.69) is 13.8 Å². The van der Waals surface area contributed by atoms with Crippen molar-refractivity contribution in [2.45, 2.75) is 167 Å². The highest BCUT2D eigenvalue weighted by molar-refractivity contribution is 5.07. The first kappa shape index (κ1) is 27.5. The topological polar surface area (TPSA) is 18.5 Å². The van der Waals surface area contributed by atoms with Crippen LogP contribution in [-0.2, 0) is 9.47 Å². The molecular weight excluding hydrogens is 440 g/mol. The van der Waals surface area contributed by atoms with Gasteiger partial charge in [0.15, 0.2) is 0 Å². The molecular formula is C34H60O2. The van der Waals surface area contributed by atoms with E-state index in [-0.39, 0.29) is 0 Å². The van der Waals surface area contributed by atoms with Gasteiger partial charge in [0.25, 0.3) is 0 Å². The summed E-state index contributed by atoms with van der Waals surface area (Å²) in [6.07, 6.45) is 33.0. The molecule has 2 spiro atoms. The molecule has 0 radical (unpaired) electrons. The Labute approximate surface area is 224 Å². The van der Waals surface area contributed by atoms with E-state index < -0.39 is 0 Å². The lowest BCUT2D eigenvalue weighted by atomic mass is 9.43. The molecule has 0 aromatic heterocycles. The number of hydrogen-bond acceptors (Lipinski definition) is 2. The molecule has 0 aromatic rings. The van der Waals surface area contributed by atoms with Crippen molar-refractivity contribution in [3.05, 3.63) is 0 Å². The Morgan fingerprint density at radius 1 is 0.472 bits per heavy atom. The Morgan fingerprint density at radius 3 is 1.14 bits per heavy atom. The van der Waals surface area contributed by atoms with Crippen LogP contribution in [0, 0.1) is 34.5 Å².